The van der Waals surface area contributed by atoms with Gasteiger partial charge in [-0.25, -0.2) is 4.98 Å². The fraction of sp³-hybridized carbons (Fsp3) is 0.308. The van der Waals surface area contributed by atoms with Crippen LogP contribution in [0.3, 0.4) is 0 Å². The van der Waals surface area contributed by atoms with Crippen LogP contribution in [0.15, 0.2) is 30.6 Å². The smallest absolute Gasteiger partial charge is 0.124 e. The van der Waals surface area contributed by atoms with Crippen molar-refractivity contribution in [3.63, 3.8) is 0 Å². The Bertz CT molecular complexity index is 707. The molecule has 0 fully saturated rings. The standard InChI is InChI=1S/C13H14ClN5O/c1-20-10-2-3-11-12(8-10)19(13(9-14)16-11)7-6-18-5-4-15-17-18/h2-5,8H,6-7,9H2,1H3. The van der Waals surface area contributed by atoms with Gasteiger partial charge in [0.05, 0.1) is 36.8 Å². The van der Waals surface area contributed by atoms with E-state index in [9.17, 15) is 0 Å². The van der Waals surface area contributed by atoms with Gasteiger partial charge in [0.2, 0.25) is 0 Å². The number of hydrogen-bond acceptors (Lipinski definition) is 4. The number of rotatable bonds is 5. The molecule has 3 rings (SSSR count). The normalized spacial score (nSPS) is 11.1. The Morgan fingerprint density at radius 1 is 1.30 bits per heavy atom. The number of fused-ring (bicyclic) bond motifs is 1. The van der Waals surface area contributed by atoms with Crippen molar-refractivity contribution in [2.24, 2.45) is 0 Å². The van der Waals surface area contributed by atoms with Crippen LogP contribution in [0.4, 0.5) is 0 Å². The van der Waals surface area contributed by atoms with Gasteiger partial charge >= 0.3 is 0 Å². The highest BCUT2D eigenvalue weighted by Crippen LogP contribution is 2.22. The molecule has 0 N–H and O–H groups in total. The number of hydrogen-bond donors (Lipinski definition) is 0. The summed E-state index contributed by atoms with van der Waals surface area (Å²) < 4.78 is 9.14. The van der Waals surface area contributed by atoms with Crippen molar-refractivity contribution >= 4 is 22.6 Å². The molecule has 0 radical (unpaired) electrons. The number of benzene rings is 1. The van der Waals surface area contributed by atoms with Gasteiger partial charge in [-0.1, -0.05) is 5.21 Å². The average Bonchev–Trinajstić information content (AvgIpc) is 3.11. The summed E-state index contributed by atoms with van der Waals surface area (Å²) in [5, 5.41) is 7.76. The van der Waals surface area contributed by atoms with E-state index in [-0.39, 0.29) is 0 Å². The van der Waals surface area contributed by atoms with E-state index in [4.69, 9.17) is 16.3 Å². The molecule has 0 saturated heterocycles. The minimum absolute atomic E-state index is 0.369. The van der Waals surface area contributed by atoms with Gasteiger partial charge in [-0.05, 0) is 12.1 Å². The predicted molar refractivity (Wildman–Crippen MR) is 75.9 cm³/mol. The number of halogens is 1. The summed E-state index contributed by atoms with van der Waals surface area (Å²) in [5.41, 5.74) is 1.93. The van der Waals surface area contributed by atoms with Crippen LogP contribution in [0.2, 0.25) is 0 Å². The molecule has 7 heteroatoms. The molecule has 0 bridgehead atoms. The second-order valence-corrected chi connectivity index (χ2v) is 4.60. The van der Waals surface area contributed by atoms with Gasteiger partial charge in [0.25, 0.3) is 0 Å². The summed E-state index contributed by atoms with van der Waals surface area (Å²) in [6.07, 6.45) is 3.50. The third kappa shape index (κ3) is 2.34. The molecule has 6 nitrogen and oxygen atoms in total. The molecule has 104 valence electrons. The van der Waals surface area contributed by atoms with Crippen LogP contribution in [0.1, 0.15) is 5.82 Å². The van der Waals surface area contributed by atoms with Crippen molar-refractivity contribution in [3.05, 3.63) is 36.4 Å². The zero-order chi connectivity index (χ0) is 13.9. The van der Waals surface area contributed by atoms with Crippen LogP contribution in [0.5, 0.6) is 5.75 Å². The highest BCUT2D eigenvalue weighted by molar-refractivity contribution is 6.16. The maximum Gasteiger partial charge on any atom is 0.124 e. The van der Waals surface area contributed by atoms with E-state index >= 15 is 0 Å². The van der Waals surface area contributed by atoms with Gasteiger partial charge in [-0.2, -0.15) is 0 Å². The number of ether oxygens (including phenoxy) is 1. The largest absolute Gasteiger partial charge is 0.497 e. The van der Waals surface area contributed by atoms with Gasteiger partial charge < -0.3 is 9.30 Å². The van der Waals surface area contributed by atoms with Crippen molar-refractivity contribution in [1.29, 1.82) is 0 Å². The second kappa shape index (κ2) is 5.50. The monoisotopic (exact) mass is 291 g/mol. The van der Waals surface area contributed by atoms with Crippen molar-refractivity contribution in [1.82, 2.24) is 24.5 Å². The Labute approximate surface area is 120 Å². The number of alkyl halides is 1. The van der Waals surface area contributed by atoms with E-state index in [0.717, 1.165) is 29.2 Å². The Balaban J connectivity index is 1.97. The number of aryl methyl sites for hydroxylation is 2. The first kappa shape index (κ1) is 12.9. The molecule has 0 atom stereocenters. The first-order chi connectivity index (χ1) is 9.81. The van der Waals surface area contributed by atoms with Crippen LogP contribution < -0.4 is 4.74 Å². The van der Waals surface area contributed by atoms with Crippen LogP contribution in [-0.4, -0.2) is 31.7 Å². The summed E-state index contributed by atoms with van der Waals surface area (Å²) in [5.74, 6) is 2.02. The SMILES string of the molecule is COc1ccc2nc(CCl)n(CCn3ccnn3)c2c1. The van der Waals surface area contributed by atoms with Crippen LogP contribution in [0, 0.1) is 0 Å². The summed E-state index contributed by atoms with van der Waals surface area (Å²) >= 11 is 5.99. The first-order valence-electron chi connectivity index (χ1n) is 6.25. The molecular weight excluding hydrogens is 278 g/mol. The quantitative estimate of drug-likeness (QED) is 0.675. The van der Waals surface area contributed by atoms with Crippen LogP contribution in [0.25, 0.3) is 11.0 Å². The summed E-state index contributed by atoms with van der Waals surface area (Å²) in [7, 11) is 1.65. The molecule has 0 amide bonds. The fourth-order valence-corrected chi connectivity index (χ4v) is 2.39. The molecule has 1 aromatic carbocycles. The molecule has 3 aromatic rings. The summed E-state index contributed by atoms with van der Waals surface area (Å²) in [6.45, 7) is 1.45. The lowest BCUT2D eigenvalue weighted by atomic mass is 10.3. The highest BCUT2D eigenvalue weighted by atomic mass is 35.5. The Kier molecular flexibility index (Phi) is 3.56. The Hall–Kier alpha value is -2.08. The van der Waals surface area contributed by atoms with Gasteiger partial charge in [0.1, 0.15) is 11.6 Å². The Morgan fingerprint density at radius 2 is 2.20 bits per heavy atom. The fourth-order valence-electron chi connectivity index (χ4n) is 2.19. The van der Waals surface area contributed by atoms with Gasteiger partial charge in [0, 0.05) is 18.8 Å². The molecule has 2 heterocycles. The average molecular weight is 292 g/mol. The topological polar surface area (TPSA) is 57.8 Å². The molecule has 2 aromatic heterocycles. The summed E-state index contributed by atoms with van der Waals surface area (Å²) in [6, 6.07) is 5.81. The summed E-state index contributed by atoms with van der Waals surface area (Å²) in [4.78, 5) is 4.54. The van der Waals surface area contributed by atoms with E-state index in [1.807, 2.05) is 24.4 Å². The number of methoxy groups -OCH3 is 1. The maximum atomic E-state index is 5.99. The number of nitrogens with zero attached hydrogens (tertiary/aromatic N) is 5. The molecule has 0 aliphatic rings. The van der Waals surface area contributed by atoms with E-state index in [1.165, 1.54) is 0 Å². The van der Waals surface area contributed by atoms with E-state index in [0.29, 0.717) is 12.4 Å². The highest BCUT2D eigenvalue weighted by Gasteiger charge is 2.11. The maximum absolute atomic E-state index is 5.99. The van der Waals surface area contributed by atoms with E-state index in [1.54, 1.807) is 18.0 Å². The number of aromatic nitrogens is 5. The lowest BCUT2D eigenvalue weighted by molar-refractivity contribution is 0.415. The molecule has 20 heavy (non-hydrogen) atoms. The molecule has 0 unspecified atom stereocenters. The third-order valence-electron chi connectivity index (χ3n) is 3.18. The molecule has 0 aliphatic heterocycles. The van der Waals surface area contributed by atoms with E-state index < -0.39 is 0 Å². The molecule has 0 spiro atoms. The molecule has 0 saturated carbocycles. The van der Waals surface area contributed by atoms with Crippen LogP contribution >= 0.6 is 11.6 Å². The zero-order valence-electron chi connectivity index (χ0n) is 11.0. The van der Waals surface area contributed by atoms with Crippen molar-refractivity contribution in [2.75, 3.05) is 7.11 Å². The molecule has 0 aliphatic carbocycles. The zero-order valence-corrected chi connectivity index (χ0v) is 11.8. The van der Waals surface area contributed by atoms with Gasteiger partial charge in [-0.3, -0.25) is 4.68 Å². The minimum Gasteiger partial charge on any atom is -0.497 e. The predicted octanol–water partition coefficient (Wildman–Crippen LogP) is 2.08. The van der Waals surface area contributed by atoms with Gasteiger partial charge in [-0.15, -0.1) is 16.7 Å². The van der Waals surface area contributed by atoms with Gasteiger partial charge in [0.15, 0.2) is 0 Å². The molecular formula is C13H14ClN5O. The van der Waals surface area contributed by atoms with Crippen molar-refractivity contribution < 1.29 is 4.74 Å². The van der Waals surface area contributed by atoms with Crippen LogP contribution in [-0.2, 0) is 19.0 Å². The number of imidazole rings is 1. The third-order valence-corrected chi connectivity index (χ3v) is 3.42. The first-order valence-corrected chi connectivity index (χ1v) is 6.78. The van der Waals surface area contributed by atoms with Crippen molar-refractivity contribution in [2.45, 2.75) is 19.0 Å². The second-order valence-electron chi connectivity index (χ2n) is 4.33. The van der Waals surface area contributed by atoms with Crippen molar-refractivity contribution in [3.8, 4) is 5.75 Å². The minimum atomic E-state index is 0.369. The lowest BCUT2D eigenvalue weighted by Gasteiger charge is -2.08. The van der Waals surface area contributed by atoms with E-state index in [2.05, 4.69) is 19.9 Å². The Morgan fingerprint density at radius 3 is 2.90 bits per heavy atom. The lowest BCUT2D eigenvalue weighted by Crippen LogP contribution is -2.10.